The van der Waals surface area contributed by atoms with E-state index >= 15 is 0 Å². The summed E-state index contributed by atoms with van der Waals surface area (Å²) in [6.07, 6.45) is 2.19. The first kappa shape index (κ1) is 14.5. The number of halogens is 2. The molecule has 0 aliphatic heterocycles. The van der Waals surface area contributed by atoms with Gasteiger partial charge >= 0.3 is 0 Å². The Bertz CT molecular complexity index is 346. The molecule has 17 heavy (non-hydrogen) atoms. The number of benzene rings is 1. The lowest BCUT2D eigenvalue weighted by Gasteiger charge is -2.15. The molecule has 1 atom stereocenters. The molecule has 1 aromatic carbocycles. The minimum atomic E-state index is -0.260. The van der Waals surface area contributed by atoms with Gasteiger partial charge in [0.1, 0.15) is 11.6 Å². The molecule has 1 unspecified atom stereocenters. The molecule has 0 fully saturated rings. The molecule has 4 heteroatoms. The second-order valence-electron chi connectivity index (χ2n) is 4.00. The van der Waals surface area contributed by atoms with Gasteiger partial charge in [-0.2, -0.15) is 0 Å². The van der Waals surface area contributed by atoms with Gasteiger partial charge in [0.2, 0.25) is 0 Å². The van der Waals surface area contributed by atoms with Crippen molar-refractivity contribution < 1.29 is 9.13 Å². The summed E-state index contributed by atoms with van der Waals surface area (Å²) in [5, 5.41) is 3.27. The van der Waals surface area contributed by atoms with E-state index < -0.39 is 0 Å². The van der Waals surface area contributed by atoms with Crippen LogP contribution in [0.25, 0.3) is 0 Å². The largest absolute Gasteiger partial charge is 0.490 e. The number of nitrogens with one attached hydrogen (secondary N) is 1. The fraction of sp³-hybridized carbons (Fsp3) is 0.538. The minimum absolute atomic E-state index is 0.135. The van der Waals surface area contributed by atoms with Gasteiger partial charge in [-0.3, -0.25) is 0 Å². The second kappa shape index (κ2) is 7.67. The smallest absolute Gasteiger partial charge is 0.134 e. The molecule has 0 aromatic heterocycles. The molecule has 0 heterocycles. The third-order valence-electron chi connectivity index (χ3n) is 2.44. The van der Waals surface area contributed by atoms with Gasteiger partial charge in [-0.05, 0) is 67.0 Å². The van der Waals surface area contributed by atoms with Crippen LogP contribution in [0.5, 0.6) is 5.75 Å². The van der Waals surface area contributed by atoms with Crippen LogP contribution in [0, 0.1) is 5.82 Å². The molecule has 0 spiro atoms. The number of hydrogen-bond acceptors (Lipinski definition) is 2. The summed E-state index contributed by atoms with van der Waals surface area (Å²) in [6, 6.07) is 4.48. The predicted octanol–water partition coefficient (Wildman–Crippen LogP) is 3.75. The topological polar surface area (TPSA) is 21.3 Å². The van der Waals surface area contributed by atoms with E-state index in [2.05, 4.69) is 28.2 Å². The highest BCUT2D eigenvalue weighted by molar-refractivity contribution is 9.10. The third kappa shape index (κ3) is 5.50. The van der Waals surface area contributed by atoms with Crippen molar-refractivity contribution >= 4 is 15.9 Å². The van der Waals surface area contributed by atoms with Gasteiger partial charge in [0, 0.05) is 0 Å². The maximum absolute atomic E-state index is 12.9. The van der Waals surface area contributed by atoms with Gasteiger partial charge in [0.05, 0.1) is 10.6 Å². The Hall–Kier alpha value is -0.610. The van der Waals surface area contributed by atoms with Crippen molar-refractivity contribution in [1.82, 2.24) is 5.32 Å². The van der Waals surface area contributed by atoms with Crippen LogP contribution in [-0.4, -0.2) is 19.2 Å². The zero-order chi connectivity index (χ0) is 12.7. The summed E-state index contributed by atoms with van der Waals surface area (Å²) in [5.74, 6) is 0.436. The molecule has 0 aliphatic carbocycles. The Kier molecular flexibility index (Phi) is 6.52. The molecule has 0 saturated carbocycles. The van der Waals surface area contributed by atoms with Gasteiger partial charge in [0.25, 0.3) is 0 Å². The van der Waals surface area contributed by atoms with Gasteiger partial charge in [-0.25, -0.2) is 4.39 Å². The lowest BCUT2D eigenvalue weighted by Crippen LogP contribution is -2.18. The summed E-state index contributed by atoms with van der Waals surface area (Å²) in [6.45, 7) is 6.13. The van der Waals surface area contributed by atoms with Crippen molar-refractivity contribution in [3.63, 3.8) is 0 Å². The number of ether oxygens (including phenoxy) is 1. The lowest BCUT2D eigenvalue weighted by molar-refractivity contribution is 0.206. The molecule has 0 aliphatic rings. The minimum Gasteiger partial charge on any atom is -0.490 e. The summed E-state index contributed by atoms with van der Waals surface area (Å²) < 4.78 is 19.3. The highest BCUT2D eigenvalue weighted by Gasteiger charge is 2.07. The Labute approximate surface area is 111 Å². The van der Waals surface area contributed by atoms with Crippen molar-refractivity contribution in [2.45, 2.75) is 32.8 Å². The molecule has 0 saturated heterocycles. The third-order valence-corrected chi connectivity index (χ3v) is 3.06. The second-order valence-corrected chi connectivity index (χ2v) is 4.85. The maximum atomic E-state index is 12.9. The molecular formula is C13H19BrFNO. The van der Waals surface area contributed by atoms with Crippen molar-refractivity contribution in [3.05, 3.63) is 28.5 Å². The monoisotopic (exact) mass is 303 g/mol. The molecule has 1 N–H and O–H groups in total. The Morgan fingerprint density at radius 2 is 2.24 bits per heavy atom. The normalized spacial score (nSPS) is 12.5. The quantitative estimate of drug-likeness (QED) is 0.775. The summed E-state index contributed by atoms with van der Waals surface area (Å²) in [5.41, 5.74) is 0. The first-order valence-electron chi connectivity index (χ1n) is 5.96. The molecule has 0 bridgehead atoms. The van der Waals surface area contributed by atoms with Crippen LogP contribution in [0.1, 0.15) is 26.7 Å². The summed E-state index contributed by atoms with van der Waals surface area (Å²) >= 11 is 3.29. The molecule has 0 radical (unpaired) electrons. The van der Waals surface area contributed by atoms with Gasteiger partial charge in [-0.1, -0.05) is 6.92 Å². The van der Waals surface area contributed by atoms with Crippen LogP contribution < -0.4 is 10.1 Å². The Morgan fingerprint density at radius 1 is 1.47 bits per heavy atom. The SMILES string of the molecule is CCNCCCC(C)Oc1ccc(F)cc1Br. The van der Waals surface area contributed by atoms with Gasteiger partial charge in [-0.15, -0.1) is 0 Å². The van der Waals surface area contributed by atoms with E-state index in [1.807, 2.05) is 6.92 Å². The lowest BCUT2D eigenvalue weighted by atomic mass is 10.2. The fourth-order valence-electron chi connectivity index (χ4n) is 1.54. The Balaban J connectivity index is 2.37. The zero-order valence-corrected chi connectivity index (χ0v) is 11.9. The van der Waals surface area contributed by atoms with Crippen molar-refractivity contribution in [3.8, 4) is 5.75 Å². The van der Waals surface area contributed by atoms with Crippen LogP contribution >= 0.6 is 15.9 Å². The van der Waals surface area contributed by atoms with Gasteiger partial charge in [0.15, 0.2) is 0 Å². The first-order valence-corrected chi connectivity index (χ1v) is 6.75. The fourth-order valence-corrected chi connectivity index (χ4v) is 1.98. The number of rotatable bonds is 7. The molecule has 1 rings (SSSR count). The van der Waals surface area contributed by atoms with Crippen molar-refractivity contribution in [2.75, 3.05) is 13.1 Å². The average molecular weight is 304 g/mol. The molecule has 96 valence electrons. The van der Waals surface area contributed by atoms with E-state index in [-0.39, 0.29) is 11.9 Å². The van der Waals surface area contributed by atoms with Crippen LogP contribution in [0.3, 0.4) is 0 Å². The van der Waals surface area contributed by atoms with E-state index in [4.69, 9.17) is 4.74 Å². The first-order chi connectivity index (χ1) is 8.13. The van der Waals surface area contributed by atoms with Crippen LogP contribution in [0.4, 0.5) is 4.39 Å². The van der Waals surface area contributed by atoms with E-state index in [0.29, 0.717) is 10.2 Å². The predicted molar refractivity (Wildman–Crippen MR) is 72.0 cm³/mol. The molecule has 1 aromatic rings. The molecule has 0 amide bonds. The zero-order valence-electron chi connectivity index (χ0n) is 10.3. The van der Waals surface area contributed by atoms with E-state index in [1.54, 1.807) is 6.07 Å². The van der Waals surface area contributed by atoms with Crippen molar-refractivity contribution in [2.24, 2.45) is 0 Å². The standard InChI is InChI=1S/C13H19BrFNO/c1-3-16-8-4-5-10(2)17-13-7-6-11(15)9-12(13)14/h6-7,9-10,16H,3-5,8H2,1-2H3. The highest BCUT2D eigenvalue weighted by atomic mass is 79.9. The maximum Gasteiger partial charge on any atom is 0.134 e. The van der Waals surface area contributed by atoms with Crippen LogP contribution in [-0.2, 0) is 0 Å². The summed E-state index contributed by atoms with van der Waals surface area (Å²) in [4.78, 5) is 0. The van der Waals surface area contributed by atoms with Crippen LogP contribution in [0.2, 0.25) is 0 Å². The molecular weight excluding hydrogens is 285 g/mol. The van der Waals surface area contributed by atoms with Crippen molar-refractivity contribution in [1.29, 1.82) is 0 Å². The van der Waals surface area contributed by atoms with E-state index in [1.165, 1.54) is 12.1 Å². The molecule has 2 nitrogen and oxygen atoms in total. The van der Waals surface area contributed by atoms with E-state index in [9.17, 15) is 4.39 Å². The highest BCUT2D eigenvalue weighted by Crippen LogP contribution is 2.26. The van der Waals surface area contributed by atoms with Crippen LogP contribution in [0.15, 0.2) is 22.7 Å². The Morgan fingerprint density at radius 3 is 2.88 bits per heavy atom. The average Bonchev–Trinajstić information content (AvgIpc) is 2.28. The summed E-state index contributed by atoms with van der Waals surface area (Å²) in [7, 11) is 0. The van der Waals surface area contributed by atoms with Gasteiger partial charge < -0.3 is 10.1 Å². The number of hydrogen-bond donors (Lipinski definition) is 1. The van der Waals surface area contributed by atoms with E-state index in [0.717, 1.165) is 25.9 Å².